The van der Waals surface area contributed by atoms with Crippen LogP contribution in [0.15, 0.2) is 18.3 Å². The van der Waals surface area contributed by atoms with Gasteiger partial charge < -0.3 is 5.32 Å². The van der Waals surface area contributed by atoms with Crippen LogP contribution in [-0.4, -0.2) is 32.2 Å². The van der Waals surface area contributed by atoms with Gasteiger partial charge in [0.15, 0.2) is 0 Å². The van der Waals surface area contributed by atoms with Crippen molar-refractivity contribution < 1.29 is 9.13 Å². The molecule has 16 heavy (non-hydrogen) atoms. The molecule has 0 amide bonds. The number of nitro groups is 1. The van der Waals surface area contributed by atoms with E-state index in [1.54, 1.807) is 0 Å². The molecule has 0 aliphatic carbocycles. The minimum Gasteiger partial charge on any atom is -0.369 e. The van der Waals surface area contributed by atoms with Crippen LogP contribution in [0.25, 0.3) is 0 Å². The maximum absolute atomic E-state index is 11.1. The predicted octanol–water partition coefficient (Wildman–Crippen LogP) is 1.17. The van der Waals surface area contributed by atoms with Crippen LogP contribution in [-0.2, 0) is 10.8 Å². The van der Waals surface area contributed by atoms with Crippen molar-refractivity contribution in [3.63, 3.8) is 0 Å². The molecule has 0 spiro atoms. The first-order chi connectivity index (χ1) is 7.63. The Labute approximate surface area is 95.7 Å². The predicted molar refractivity (Wildman–Crippen MR) is 62.9 cm³/mol. The molecule has 0 fully saturated rings. The van der Waals surface area contributed by atoms with Crippen molar-refractivity contribution >= 4 is 22.3 Å². The first-order valence-electron chi connectivity index (χ1n) is 4.82. The zero-order valence-corrected chi connectivity index (χ0v) is 9.70. The Morgan fingerprint density at radius 1 is 1.62 bits per heavy atom. The summed E-state index contributed by atoms with van der Waals surface area (Å²) >= 11 is 0. The molecule has 6 nitrogen and oxygen atoms in total. The van der Waals surface area contributed by atoms with Crippen molar-refractivity contribution in [1.29, 1.82) is 0 Å². The lowest BCUT2D eigenvalue weighted by Gasteiger charge is -2.03. The first kappa shape index (κ1) is 12.6. The SMILES string of the molecule is CCS(=O)CCNc1cc([N+](=O)[O-])ccn1. The van der Waals surface area contributed by atoms with E-state index in [0.29, 0.717) is 23.9 Å². The van der Waals surface area contributed by atoms with E-state index in [1.165, 1.54) is 18.3 Å². The second kappa shape index (κ2) is 6.16. The average molecular weight is 243 g/mol. The number of anilines is 1. The van der Waals surface area contributed by atoms with Crippen LogP contribution in [0.1, 0.15) is 6.92 Å². The third-order valence-corrected chi connectivity index (χ3v) is 3.22. The molecular formula is C9H13N3O3S. The van der Waals surface area contributed by atoms with E-state index in [2.05, 4.69) is 10.3 Å². The number of pyridine rings is 1. The van der Waals surface area contributed by atoms with E-state index < -0.39 is 15.7 Å². The summed E-state index contributed by atoms with van der Waals surface area (Å²) in [4.78, 5) is 13.9. The molecule has 1 atom stereocenters. The number of hydrogen-bond donors (Lipinski definition) is 1. The van der Waals surface area contributed by atoms with Gasteiger partial charge in [-0.05, 0) is 0 Å². The largest absolute Gasteiger partial charge is 0.369 e. The van der Waals surface area contributed by atoms with Crippen LogP contribution < -0.4 is 5.32 Å². The Morgan fingerprint density at radius 2 is 2.38 bits per heavy atom. The van der Waals surface area contributed by atoms with Gasteiger partial charge >= 0.3 is 0 Å². The summed E-state index contributed by atoms with van der Waals surface area (Å²) in [6, 6.07) is 2.68. The van der Waals surface area contributed by atoms with Crippen molar-refractivity contribution in [3.8, 4) is 0 Å². The summed E-state index contributed by atoms with van der Waals surface area (Å²) in [5.41, 5.74) is -0.00545. The molecule has 0 saturated heterocycles. The lowest BCUT2D eigenvalue weighted by molar-refractivity contribution is -0.384. The standard InChI is InChI=1S/C9H13N3O3S/c1-2-16(15)6-5-11-9-7-8(12(13)14)3-4-10-9/h3-4,7H,2,5-6H2,1H3,(H,10,11). The van der Waals surface area contributed by atoms with E-state index in [9.17, 15) is 14.3 Å². The van der Waals surface area contributed by atoms with Crippen molar-refractivity contribution in [2.45, 2.75) is 6.92 Å². The molecule has 1 heterocycles. The Hall–Kier alpha value is -1.50. The number of nitrogens with one attached hydrogen (secondary N) is 1. The van der Waals surface area contributed by atoms with Crippen LogP contribution in [0.5, 0.6) is 0 Å². The molecular weight excluding hydrogens is 230 g/mol. The summed E-state index contributed by atoms with van der Waals surface area (Å²) in [6.45, 7) is 2.34. The molecule has 0 bridgehead atoms. The highest BCUT2D eigenvalue weighted by atomic mass is 32.2. The van der Waals surface area contributed by atoms with Crippen LogP contribution in [0.3, 0.4) is 0 Å². The normalized spacial score (nSPS) is 12.1. The molecule has 1 aromatic heterocycles. The van der Waals surface area contributed by atoms with Crippen molar-refractivity contribution in [1.82, 2.24) is 4.98 Å². The number of rotatable bonds is 6. The van der Waals surface area contributed by atoms with Crippen molar-refractivity contribution in [2.75, 3.05) is 23.4 Å². The Balaban J connectivity index is 2.51. The molecule has 0 radical (unpaired) electrons. The van der Waals surface area contributed by atoms with Gasteiger partial charge in [-0.1, -0.05) is 6.92 Å². The summed E-state index contributed by atoms with van der Waals surface area (Å²) in [6.07, 6.45) is 1.37. The molecule has 1 aromatic rings. The molecule has 0 aliphatic rings. The zero-order valence-electron chi connectivity index (χ0n) is 8.88. The summed E-state index contributed by atoms with van der Waals surface area (Å²) in [7, 11) is -0.839. The van der Waals surface area contributed by atoms with Gasteiger partial charge in [-0.2, -0.15) is 0 Å². The molecule has 0 saturated carbocycles. The smallest absolute Gasteiger partial charge is 0.274 e. The third kappa shape index (κ3) is 3.93. The van der Waals surface area contributed by atoms with E-state index in [4.69, 9.17) is 0 Å². The van der Waals surface area contributed by atoms with Crippen molar-refractivity contribution in [2.24, 2.45) is 0 Å². The minimum absolute atomic E-state index is 0.00545. The number of aromatic nitrogens is 1. The van der Waals surface area contributed by atoms with E-state index in [0.717, 1.165) is 0 Å². The van der Waals surface area contributed by atoms with Crippen LogP contribution >= 0.6 is 0 Å². The van der Waals surface area contributed by atoms with Crippen LogP contribution in [0, 0.1) is 10.1 Å². The summed E-state index contributed by atoms with van der Waals surface area (Å²) < 4.78 is 11.1. The highest BCUT2D eigenvalue weighted by Gasteiger charge is 2.06. The van der Waals surface area contributed by atoms with Gasteiger partial charge in [-0.15, -0.1) is 0 Å². The van der Waals surface area contributed by atoms with Gasteiger partial charge in [0, 0.05) is 41.1 Å². The molecule has 0 aliphatic heterocycles. The Bertz CT molecular complexity index is 397. The van der Waals surface area contributed by atoms with Gasteiger partial charge in [0.25, 0.3) is 5.69 Å². The van der Waals surface area contributed by atoms with Crippen LogP contribution in [0.4, 0.5) is 11.5 Å². The third-order valence-electron chi connectivity index (χ3n) is 1.91. The van der Waals surface area contributed by atoms with Gasteiger partial charge in [0.1, 0.15) is 5.82 Å². The Morgan fingerprint density at radius 3 is 3.00 bits per heavy atom. The molecule has 1 unspecified atom stereocenters. The molecule has 7 heteroatoms. The molecule has 1 N–H and O–H groups in total. The quantitative estimate of drug-likeness (QED) is 0.598. The topological polar surface area (TPSA) is 85.1 Å². The highest BCUT2D eigenvalue weighted by molar-refractivity contribution is 7.84. The zero-order chi connectivity index (χ0) is 12.0. The van der Waals surface area contributed by atoms with Crippen molar-refractivity contribution in [3.05, 3.63) is 28.4 Å². The average Bonchev–Trinajstić information content (AvgIpc) is 2.29. The van der Waals surface area contributed by atoms with Crippen LogP contribution in [0.2, 0.25) is 0 Å². The van der Waals surface area contributed by atoms with Gasteiger partial charge in [-0.3, -0.25) is 14.3 Å². The number of nitrogens with zero attached hydrogens (tertiary/aromatic N) is 2. The number of hydrogen-bond acceptors (Lipinski definition) is 5. The Kier molecular flexibility index (Phi) is 4.84. The monoisotopic (exact) mass is 243 g/mol. The van der Waals surface area contributed by atoms with E-state index in [1.807, 2.05) is 6.92 Å². The molecule has 0 aromatic carbocycles. The van der Waals surface area contributed by atoms with E-state index >= 15 is 0 Å². The van der Waals surface area contributed by atoms with Gasteiger partial charge in [0.05, 0.1) is 11.0 Å². The lowest BCUT2D eigenvalue weighted by Crippen LogP contribution is -2.12. The summed E-state index contributed by atoms with van der Waals surface area (Å²) in [5.74, 6) is 1.56. The highest BCUT2D eigenvalue weighted by Crippen LogP contribution is 2.13. The minimum atomic E-state index is -0.839. The van der Waals surface area contributed by atoms with E-state index in [-0.39, 0.29) is 5.69 Å². The second-order valence-electron chi connectivity index (χ2n) is 3.02. The van der Waals surface area contributed by atoms with Gasteiger partial charge in [0.2, 0.25) is 0 Å². The second-order valence-corrected chi connectivity index (χ2v) is 4.88. The summed E-state index contributed by atoms with van der Waals surface area (Å²) in [5, 5.41) is 13.4. The fraction of sp³-hybridized carbons (Fsp3) is 0.444. The fourth-order valence-corrected chi connectivity index (χ4v) is 1.69. The maximum atomic E-state index is 11.1. The van der Waals surface area contributed by atoms with Gasteiger partial charge in [-0.25, -0.2) is 4.98 Å². The first-order valence-corrected chi connectivity index (χ1v) is 6.31. The molecule has 1 rings (SSSR count). The maximum Gasteiger partial charge on any atom is 0.274 e. The fourth-order valence-electron chi connectivity index (χ4n) is 1.07. The molecule has 88 valence electrons. The lowest BCUT2D eigenvalue weighted by atomic mass is 10.4.